The van der Waals surface area contributed by atoms with Gasteiger partial charge in [-0.25, -0.2) is 4.39 Å². The Morgan fingerprint density at radius 2 is 2.00 bits per heavy atom. The third-order valence-electron chi connectivity index (χ3n) is 4.54. The van der Waals surface area contributed by atoms with E-state index < -0.39 is 0 Å². The summed E-state index contributed by atoms with van der Waals surface area (Å²) in [5.74, 6) is -0.345. The van der Waals surface area contributed by atoms with Gasteiger partial charge in [0.1, 0.15) is 12.4 Å². The monoisotopic (exact) mass is 327 g/mol. The van der Waals surface area contributed by atoms with Crippen molar-refractivity contribution in [1.82, 2.24) is 9.88 Å². The smallest absolute Gasteiger partial charge is 0.253 e. The highest BCUT2D eigenvalue weighted by Crippen LogP contribution is 2.29. The molecule has 0 bridgehead atoms. The lowest BCUT2D eigenvalue weighted by Gasteiger charge is -2.36. The second kappa shape index (κ2) is 6.30. The lowest BCUT2D eigenvalue weighted by molar-refractivity contribution is -0.130. The molecule has 2 fully saturated rings. The van der Waals surface area contributed by atoms with Crippen LogP contribution in [-0.4, -0.2) is 47.6 Å². The Kier molecular flexibility index (Phi) is 4.00. The van der Waals surface area contributed by atoms with Crippen LogP contribution in [0.25, 0.3) is 0 Å². The highest BCUT2D eigenvalue weighted by molar-refractivity contribution is 5.95. The summed E-state index contributed by atoms with van der Waals surface area (Å²) in [6, 6.07) is 12.8. The van der Waals surface area contributed by atoms with Gasteiger partial charge in [0.2, 0.25) is 0 Å². The quantitative estimate of drug-likeness (QED) is 0.863. The molecule has 2 aliphatic rings. The minimum absolute atomic E-state index is 0.00546. The first-order chi connectivity index (χ1) is 11.7. The fraction of sp³-hybridized carbons (Fsp3) is 0.333. The van der Waals surface area contributed by atoms with E-state index >= 15 is 0 Å². The van der Waals surface area contributed by atoms with Crippen molar-refractivity contribution in [3.05, 3.63) is 60.2 Å². The second-order valence-electron chi connectivity index (χ2n) is 6.18. The Hall–Kier alpha value is -2.31. The number of aromatic nitrogens is 1. The summed E-state index contributed by atoms with van der Waals surface area (Å²) in [7, 11) is 0. The third-order valence-corrected chi connectivity index (χ3v) is 4.54. The number of anilines is 1. The molecule has 0 aliphatic carbocycles. The summed E-state index contributed by atoms with van der Waals surface area (Å²) in [5.41, 5.74) is 1.72. The number of carbonyl (C=O) groups excluding carboxylic acids is 1. The number of hydrogen-bond acceptors (Lipinski definition) is 4. The Labute approximate surface area is 139 Å². The number of amides is 1. The molecule has 4 rings (SSSR count). The van der Waals surface area contributed by atoms with Gasteiger partial charge < -0.3 is 9.64 Å². The number of carbonyl (C=O) groups is 1. The van der Waals surface area contributed by atoms with Crippen LogP contribution in [0.1, 0.15) is 5.69 Å². The van der Waals surface area contributed by atoms with Gasteiger partial charge in [-0.3, -0.25) is 14.7 Å². The van der Waals surface area contributed by atoms with Crippen molar-refractivity contribution in [3.63, 3.8) is 0 Å². The maximum atomic E-state index is 13.0. The molecule has 1 aromatic carbocycles. The van der Waals surface area contributed by atoms with Crippen molar-refractivity contribution < 1.29 is 13.9 Å². The van der Waals surface area contributed by atoms with E-state index in [1.807, 2.05) is 35.2 Å². The van der Waals surface area contributed by atoms with E-state index in [4.69, 9.17) is 4.74 Å². The Morgan fingerprint density at radius 3 is 2.75 bits per heavy atom. The lowest BCUT2D eigenvalue weighted by atomic mass is 10.1. The predicted octanol–water partition coefficient (Wildman–Crippen LogP) is 1.84. The molecule has 1 amide bonds. The minimum atomic E-state index is -0.335. The summed E-state index contributed by atoms with van der Waals surface area (Å²) in [5, 5.41) is 0. The summed E-state index contributed by atoms with van der Waals surface area (Å²) in [4.78, 5) is 20.5. The van der Waals surface area contributed by atoms with Gasteiger partial charge in [0.15, 0.2) is 0 Å². The molecular weight excluding hydrogens is 309 g/mol. The fourth-order valence-electron chi connectivity index (χ4n) is 3.46. The molecule has 24 heavy (non-hydrogen) atoms. The molecule has 2 aromatic rings. The normalized spacial score (nSPS) is 24.2. The molecule has 0 spiro atoms. The van der Waals surface area contributed by atoms with E-state index in [9.17, 15) is 9.18 Å². The molecule has 0 saturated carbocycles. The zero-order chi connectivity index (χ0) is 16.5. The largest absolute Gasteiger partial charge is 0.365 e. The van der Waals surface area contributed by atoms with E-state index in [1.54, 1.807) is 6.07 Å². The number of halogens is 1. The predicted molar refractivity (Wildman–Crippen MR) is 86.9 cm³/mol. The van der Waals surface area contributed by atoms with Gasteiger partial charge in [-0.1, -0.05) is 18.2 Å². The number of nitrogens with zero attached hydrogens (tertiary/aromatic N) is 3. The number of para-hydroxylation sites is 1. The highest BCUT2D eigenvalue weighted by Gasteiger charge is 2.43. The van der Waals surface area contributed by atoms with Gasteiger partial charge in [0.05, 0.1) is 24.0 Å². The van der Waals surface area contributed by atoms with Crippen LogP contribution in [0.5, 0.6) is 0 Å². The maximum Gasteiger partial charge on any atom is 0.253 e. The molecule has 124 valence electrons. The van der Waals surface area contributed by atoms with E-state index in [0.29, 0.717) is 13.1 Å². The van der Waals surface area contributed by atoms with Crippen LogP contribution in [0.2, 0.25) is 0 Å². The number of morpholine rings is 1. The summed E-state index contributed by atoms with van der Waals surface area (Å²) >= 11 is 0. The Balaban J connectivity index is 1.52. The van der Waals surface area contributed by atoms with Crippen molar-refractivity contribution in [2.45, 2.75) is 18.7 Å². The molecule has 0 unspecified atom stereocenters. The Morgan fingerprint density at radius 1 is 1.17 bits per heavy atom. The van der Waals surface area contributed by atoms with Crippen molar-refractivity contribution in [2.24, 2.45) is 0 Å². The van der Waals surface area contributed by atoms with Crippen molar-refractivity contribution in [3.8, 4) is 0 Å². The molecule has 5 nitrogen and oxygen atoms in total. The van der Waals surface area contributed by atoms with E-state index in [-0.39, 0.29) is 30.5 Å². The first kappa shape index (κ1) is 15.2. The number of ether oxygens (including phenoxy) is 1. The number of benzene rings is 1. The fourth-order valence-corrected chi connectivity index (χ4v) is 3.46. The third kappa shape index (κ3) is 2.90. The maximum absolute atomic E-state index is 13.0. The number of pyridine rings is 1. The minimum Gasteiger partial charge on any atom is -0.365 e. The zero-order valence-electron chi connectivity index (χ0n) is 13.1. The number of likely N-dealkylation sites (tertiary alicyclic amines) is 1. The number of hydrogen-bond donors (Lipinski definition) is 0. The molecule has 0 radical (unpaired) electrons. The topological polar surface area (TPSA) is 45.7 Å². The van der Waals surface area contributed by atoms with Crippen LogP contribution < -0.4 is 4.90 Å². The molecule has 1 aromatic heterocycles. The van der Waals surface area contributed by atoms with Crippen molar-refractivity contribution >= 4 is 11.6 Å². The van der Waals surface area contributed by atoms with Crippen molar-refractivity contribution in [2.75, 3.05) is 24.6 Å². The van der Waals surface area contributed by atoms with Gasteiger partial charge in [-0.2, -0.15) is 0 Å². The summed E-state index contributed by atoms with van der Waals surface area (Å²) in [6.45, 7) is 2.18. The van der Waals surface area contributed by atoms with E-state index in [0.717, 1.165) is 17.9 Å². The number of fused-ring (bicyclic) bond motifs is 1. The standard InChI is InChI=1S/C18H18FN3O2/c19-13-6-7-14(20-8-13)9-21-10-16-17(11-21)24-12-18(23)22(16)15-4-2-1-3-5-15/h1-8,16-17H,9-12H2/t16-,17-/m0/s1. The van der Waals surface area contributed by atoms with Crippen molar-refractivity contribution in [1.29, 1.82) is 0 Å². The van der Waals surface area contributed by atoms with E-state index in [2.05, 4.69) is 9.88 Å². The molecule has 2 atom stereocenters. The van der Waals surface area contributed by atoms with Crippen LogP contribution in [0.3, 0.4) is 0 Å². The van der Waals surface area contributed by atoms with Crippen LogP contribution in [0.4, 0.5) is 10.1 Å². The molecule has 6 heteroatoms. The van der Waals surface area contributed by atoms with Gasteiger partial charge in [-0.15, -0.1) is 0 Å². The Bertz CT molecular complexity index is 723. The average molecular weight is 327 g/mol. The molecule has 2 saturated heterocycles. The average Bonchev–Trinajstić information content (AvgIpc) is 3.00. The van der Waals surface area contributed by atoms with Crippen LogP contribution >= 0.6 is 0 Å². The van der Waals surface area contributed by atoms with Crippen LogP contribution in [0, 0.1) is 5.82 Å². The first-order valence-corrected chi connectivity index (χ1v) is 8.02. The van der Waals surface area contributed by atoms with Gasteiger partial charge in [0, 0.05) is 25.3 Å². The molecule has 3 heterocycles. The van der Waals surface area contributed by atoms with E-state index in [1.165, 1.54) is 12.3 Å². The van der Waals surface area contributed by atoms with Crippen LogP contribution in [0.15, 0.2) is 48.7 Å². The zero-order valence-corrected chi connectivity index (χ0v) is 13.1. The van der Waals surface area contributed by atoms with Gasteiger partial charge >= 0.3 is 0 Å². The molecule has 2 aliphatic heterocycles. The SMILES string of the molecule is O=C1CO[C@H]2CN(Cc3ccc(F)cn3)C[C@@H]2N1c1ccccc1. The van der Waals surface area contributed by atoms with Gasteiger partial charge in [-0.05, 0) is 24.3 Å². The number of rotatable bonds is 3. The summed E-state index contributed by atoms with van der Waals surface area (Å²) < 4.78 is 18.7. The first-order valence-electron chi connectivity index (χ1n) is 8.02. The second-order valence-corrected chi connectivity index (χ2v) is 6.18. The summed E-state index contributed by atoms with van der Waals surface area (Å²) in [6.07, 6.45) is 1.22. The highest BCUT2D eigenvalue weighted by atomic mass is 19.1. The molecular formula is C18H18FN3O2. The van der Waals surface area contributed by atoms with Crippen LogP contribution in [-0.2, 0) is 16.1 Å². The van der Waals surface area contributed by atoms with Gasteiger partial charge in [0.25, 0.3) is 5.91 Å². The lowest BCUT2D eigenvalue weighted by Crippen LogP contribution is -2.54. The molecule has 0 N–H and O–H groups in total.